The number of hydrogen-bond acceptors (Lipinski definition) is 3. The van der Waals surface area contributed by atoms with Crippen molar-refractivity contribution in [3.8, 4) is 0 Å². The molecule has 1 aliphatic rings. The van der Waals surface area contributed by atoms with E-state index in [2.05, 4.69) is 10.2 Å². The van der Waals surface area contributed by atoms with Crippen LogP contribution in [0.5, 0.6) is 0 Å². The molecule has 20 heavy (non-hydrogen) atoms. The number of likely N-dealkylation sites (tertiary alicyclic amines) is 1. The highest BCUT2D eigenvalue weighted by molar-refractivity contribution is 5.95. The number of anilines is 2. The smallest absolute Gasteiger partial charge is 0.238 e. The molecule has 1 aromatic carbocycles. The maximum absolute atomic E-state index is 12.1. The van der Waals surface area contributed by atoms with E-state index in [-0.39, 0.29) is 5.91 Å². The zero-order chi connectivity index (χ0) is 14.4. The van der Waals surface area contributed by atoms with Gasteiger partial charge in [0.1, 0.15) is 0 Å². The summed E-state index contributed by atoms with van der Waals surface area (Å²) in [7, 11) is 0. The number of amides is 1. The standard InChI is InChI=1S/C16H25N3O/c1-13-7-8-15(14(17)11-13)18-16(20)12-19-9-5-3-2-4-6-10-19/h7-8,11H,2-6,9-10,12,17H2,1H3,(H,18,20). The predicted octanol–water partition coefficient (Wildman–Crippen LogP) is 2.78. The third-order valence-corrected chi connectivity index (χ3v) is 3.80. The Balaban J connectivity index is 1.87. The van der Waals surface area contributed by atoms with Crippen LogP contribution in [0.25, 0.3) is 0 Å². The van der Waals surface area contributed by atoms with Crippen LogP contribution in [-0.4, -0.2) is 30.4 Å². The number of aryl methyl sites for hydroxylation is 1. The molecule has 4 heteroatoms. The van der Waals surface area contributed by atoms with Crippen LogP contribution in [0.3, 0.4) is 0 Å². The molecule has 0 aliphatic carbocycles. The van der Waals surface area contributed by atoms with Gasteiger partial charge in [0.2, 0.25) is 5.91 Å². The molecular weight excluding hydrogens is 250 g/mol. The van der Waals surface area contributed by atoms with Crippen molar-refractivity contribution in [2.75, 3.05) is 30.7 Å². The van der Waals surface area contributed by atoms with Gasteiger partial charge in [-0.2, -0.15) is 0 Å². The summed E-state index contributed by atoms with van der Waals surface area (Å²) in [5.74, 6) is 0.0288. The molecule has 1 aromatic rings. The number of rotatable bonds is 3. The van der Waals surface area contributed by atoms with E-state index in [1.54, 1.807) is 0 Å². The lowest BCUT2D eigenvalue weighted by Crippen LogP contribution is -2.35. The third kappa shape index (κ3) is 4.53. The molecule has 0 spiro atoms. The van der Waals surface area contributed by atoms with E-state index in [1.807, 2.05) is 25.1 Å². The van der Waals surface area contributed by atoms with Crippen molar-refractivity contribution in [1.82, 2.24) is 4.90 Å². The lowest BCUT2D eigenvalue weighted by atomic mass is 10.1. The first-order valence-electron chi connectivity index (χ1n) is 7.53. The van der Waals surface area contributed by atoms with Gasteiger partial charge in [0.05, 0.1) is 17.9 Å². The van der Waals surface area contributed by atoms with Crippen LogP contribution in [-0.2, 0) is 4.79 Å². The lowest BCUT2D eigenvalue weighted by molar-refractivity contribution is -0.117. The van der Waals surface area contributed by atoms with Gasteiger partial charge in [-0.1, -0.05) is 25.3 Å². The summed E-state index contributed by atoms with van der Waals surface area (Å²) in [6.45, 7) is 4.50. The van der Waals surface area contributed by atoms with Crippen LogP contribution in [0, 0.1) is 6.92 Å². The first kappa shape index (κ1) is 14.9. The number of hydrogen-bond donors (Lipinski definition) is 2. The molecular formula is C16H25N3O. The summed E-state index contributed by atoms with van der Waals surface area (Å²) in [5.41, 5.74) is 8.37. The molecule has 1 fully saturated rings. The minimum absolute atomic E-state index is 0.0288. The average Bonchev–Trinajstić information content (AvgIpc) is 2.36. The normalized spacial score (nSPS) is 17.2. The quantitative estimate of drug-likeness (QED) is 0.834. The highest BCUT2D eigenvalue weighted by Gasteiger charge is 2.13. The second-order valence-electron chi connectivity index (χ2n) is 5.68. The van der Waals surface area contributed by atoms with Crippen LogP contribution in [0.2, 0.25) is 0 Å². The van der Waals surface area contributed by atoms with Crippen LogP contribution in [0.4, 0.5) is 11.4 Å². The summed E-state index contributed by atoms with van der Waals surface area (Å²) >= 11 is 0. The first-order chi connectivity index (χ1) is 9.65. The predicted molar refractivity (Wildman–Crippen MR) is 83.7 cm³/mol. The minimum Gasteiger partial charge on any atom is -0.397 e. The zero-order valence-corrected chi connectivity index (χ0v) is 12.3. The van der Waals surface area contributed by atoms with Crippen LogP contribution < -0.4 is 11.1 Å². The number of carbonyl (C=O) groups excluding carboxylic acids is 1. The summed E-state index contributed by atoms with van der Waals surface area (Å²) in [4.78, 5) is 14.4. The molecule has 1 aliphatic heterocycles. The highest BCUT2D eigenvalue weighted by atomic mass is 16.2. The maximum atomic E-state index is 12.1. The van der Waals surface area contributed by atoms with Crippen molar-refractivity contribution in [2.45, 2.75) is 39.0 Å². The van der Waals surface area contributed by atoms with Gasteiger partial charge in [-0.25, -0.2) is 0 Å². The molecule has 4 nitrogen and oxygen atoms in total. The number of nitrogens with two attached hydrogens (primary N) is 1. The zero-order valence-electron chi connectivity index (χ0n) is 12.3. The Bertz CT molecular complexity index is 451. The molecule has 0 saturated carbocycles. The second-order valence-corrected chi connectivity index (χ2v) is 5.68. The molecule has 1 heterocycles. The molecule has 1 amide bonds. The van der Waals surface area contributed by atoms with Crippen molar-refractivity contribution < 1.29 is 4.79 Å². The Kier molecular flexibility index (Phi) is 5.41. The van der Waals surface area contributed by atoms with E-state index in [1.165, 1.54) is 32.1 Å². The van der Waals surface area contributed by atoms with Crippen LogP contribution in [0.15, 0.2) is 18.2 Å². The third-order valence-electron chi connectivity index (χ3n) is 3.80. The van der Waals surface area contributed by atoms with Crippen molar-refractivity contribution in [2.24, 2.45) is 0 Å². The number of nitrogens with one attached hydrogen (secondary N) is 1. The monoisotopic (exact) mass is 275 g/mol. The largest absolute Gasteiger partial charge is 0.397 e. The van der Waals surface area contributed by atoms with Crippen molar-refractivity contribution in [3.63, 3.8) is 0 Å². The Morgan fingerprint density at radius 1 is 1.20 bits per heavy atom. The second kappa shape index (κ2) is 7.29. The van der Waals surface area contributed by atoms with Crippen LogP contribution >= 0.6 is 0 Å². The van der Waals surface area contributed by atoms with Gasteiger partial charge in [-0.15, -0.1) is 0 Å². The van der Waals surface area contributed by atoms with Crippen molar-refractivity contribution >= 4 is 17.3 Å². The highest BCUT2D eigenvalue weighted by Crippen LogP contribution is 2.19. The van der Waals surface area contributed by atoms with Gasteiger partial charge in [0.25, 0.3) is 0 Å². The SMILES string of the molecule is Cc1ccc(NC(=O)CN2CCCCCCC2)c(N)c1. The molecule has 0 unspecified atom stereocenters. The molecule has 110 valence electrons. The number of carbonyl (C=O) groups is 1. The van der Waals surface area contributed by atoms with Gasteiger partial charge >= 0.3 is 0 Å². The van der Waals surface area contributed by atoms with E-state index in [0.29, 0.717) is 17.9 Å². The summed E-state index contributed by atoms with van der Waals surface area (Å²) in [5, 5.41) is 2.92. The Labute approximate surface area is 121 Å². The molecule has 0 bridgehead atoms. The number of nitrogen functional groups attached to an aromatic ring is 1. The molecule has 2 rings (SSSR count). The molecule has 3 N–H and O–H groups in total. The fourth-order valence-electron chi connectivity index (χ4n) is 2.66. The van der Waals surface area contributed by atoms with Gasteiger partial charge in [0, 0.05) is 0 Å². The fraction of sp³-hybridized carbons (Fsp3) is 0.562. The Morgan fingerprint density at radius 3 is 2.50 bits per heavy atom. The van der Waals surface area contributed by atoms with E-state index < -0.39 is 0 Å². The molecule has 0 aromatic heterocycles. The molecule has 0 atom stereocenters. The van der Waals surface area contributed by atoms with E-state index in [9.17, 15) is 4.79 Å². The van der Waals surface area contributed by atoms with E-state index in [0.717, 1.165) is 18.7 Å². The van der Waals surface area contributed by atoms with Crippen molar-refractivity contribution in [3.05, 3.63) is 23.8 Å². The van der Waals surface area contributed by atoms with Gasteiger partial charge in [-0.3, -0.25) is 9.69 Å². The van der Waals surface area contributed by atoms with Crippen molar-refractivity contribution in [1.29, 1.82) is 0 Å². The minimum atomic E-state index is 0.0288. The molecule has 1 saturated heterocycles. The summed E-state index contributed by atoms with van der Waals surface area (Å²) in [6.07, 6.45) is 6.28. The van der Waals surface area contributed by atoms with Gasteiger partial charge < -0.3 is 11.1 Å². The maximum Gasteiger partial charge on any atom is 0.238 e. The first-order valence-corrected chi connectivity index (χ1v) is 7.53. The van der Waals surface area contributed by atoms with Gasteiger partial charge in [0.15, 0.2) is 0 Å². The van der Waals surface area contributed by atoms with E-state index in [4.69, 9.17) is 5.73 Å². The Hall–Kier alpha value is -1.55. The molecule has 0 radical (unpaired) electrons. The number of benzene rings is 1. The van der Waals surface area contributed by atoms with Gasteiger partial charge in [-0.05, 0) is 50.6 Å². The fourth-order valence-corrected chi connectivity index (χ4v) is 2.66. The van der Waals surface area contributed by atoms with E-state index >= 15 is 0 Å². The summed E-state index contributed by atoms with van der Waals surface area (Å²) < 4.78 is 0. The Morgan fingerprint density at radius 2 is 1.85 bits per heavy atom. The summed E-state index contributed by atoms with van der Waals surface area (Å²) in [6, 6.07) is 5.71. The number of nitrogens with zero attached hydrogens (tertiary/aromatic N) is 1. The average molecular weight is 275 g/mol. The lowest BCUT2D eigenvalue weighted by Gasteiger charge is -2.23. The van der Waals surface area contributed by atoms with Crippen LogP contribution in [0.1, 0.15) is 37.7 Å². The topological polar surface area (TPSA) is 58.4 Å².